The van der Waals surface area contributed by atoms with Gasteiger partial charge in [-0.15, -0.1) is 0 Å². The van der Waals surface area contributed by atoms with Crippen molar-refractivity contribution in [2.75, 3.05) is 5.73 Å². The van der Waals surface area contributed by atoms with Crippen LogP contribution in [-0.2, 0) is 0 Å². The number of halogens is 2. The molecule has 0 saturated heterocycles. The van der Waals surface area contributed by atoms with Gasteiger partial charge in [0.2, 0.25) is 0 Å². The Balaban J connectivity index is 2.01. The van der Waals surface area contributed by atoms with E-state index in [1.54, 1.807) is 6.07 Å². The van der Waals surface area contributed by atoms with Gasteiger partial charge in [0.15, 0.2) is 17.8 Å². The van der Waals surface area contributed by atoms with Crippen molar-refractivity contribution in [2.24, 2.45) is 0 Å². The van der Waals surface area contributed by atoms with Crippen LogP contribution in [0.3, 0.4) is 0 Å². The Morgan fingerprint density at radius 2 is 1.75 bits per heavy atom. The van der Waals surface area contributed by atoms with Gasteiger partial charge < -0.3 is 10.2 Å². The number of anilines is 1. The average molecular weight is 402 g/mol. The molecule has 2 N–H and O–H groups in total. The number of hydrogen-bond donors (Lipinski definition) is 1. The lowest BCUT2D eigenvalue weighted by molar-refractivity contribution is 0.602. The summed E-state index contributed by atoms with van der Waals surface area (Å²) in [5.41, 5.74) is 10.1. The molecular formula is C17H10BrClN4O. The lowest BCUT2D eigenvalue weighted by Crippen LogP contribution is -2.00. The molecule has 0 radical (unpaired) electrons. The molecule has 7 heteroatoms. The van der Waals surface area contributed by atoms with Gasteiger partial charge in [0, 0.05) is 11.1 Å². The minimum Gasteiger partial charge on any atom is -0.443 e. The van der Waals surface area contributed by atoms with Crippen LogP contribution in [0.2, 0.25) is 5.02 Å². The Morgan fingerprint density at radius 1 is 1.00 bits per heavy atom. The zero-order valence-electron chi connectivity index (χ0n) is 12.2. The van der Waals surface area contributed by atoms with E-state index < -0.39 is 0 Å². The molecule has 5 nitrogen and oxygen atoms in total. The van der Waals surface area contributed by atoms with Crippen LogP contribution in [0, 0.1) is 0 Å². The smallest absolute Gasteiger partial charge is 0.182 e. The van der Waals surface area contributed by atoms with Crippen molar-refractivity contribution in [3.05, 3.63) is 58.5 Å². The molecule has 24 heavy (non-hydrogen) atoms. The molecule has 4 rings (SSSR count). The van der Waals surface area contributed by atoms with E-state index in [0.29, 0.717) is 37.9 Å². The van der Waals surface area contributed by atoms with Crippen molar-refractivity contribution in [1.82, 2.24) is 15.0 Å². The molecule has 0 aliphatic carbocycles. The minimum absolute atomic E-state index is 0.324. The molecular weight excluding hydrogens is 392 g/mol. The fourth-order valence-corrected chi connectivity index (χ4v) is 3.01. The third-order valence-electron chi connectivity index (χ3n) is 3.59. The van der Waals surface area contributed by atoms with Crippen LogP contribution in [0.4, 0.5) is 5.82 Å². The van der Waals surface area contributed by atoms with Crippen LogP contribution >= 0.6 is 27.5 Å². The van der Waals surface area contributed by atoms with Crippen molar-refractivity contribution in [2.45, 2.75) is 0 Å². The monoisotopic (exact) mass is 400 g/mol. The third-order valence-corrected chi connectivity index (χ3v) is 4.46. The first kappa shape index (κ1) is 15.1. The Hall–Kier alpha value is -2.44. The molecule has 0 unspecified atom stereocenters. The largest absolute Gasteiger partial charge is 0.443 e. The molecule has 0 aliphatic rings. The van der Waals surface area contributed by atoms with Gasteiger partial charge in [0.05, 0.1) is 16.4 Å². The van der Waals surface area contributed by atoms with Crippen LogP contribution in [0.5, 0.6) is 0 Å². The quantitative estimate of drug-likeness (QED) is 0.514. The van der Waals surface area contributed by atoms with Crippen LogP contribution in [-0.4, -0.2) is 15.0 Å². The predicted molar refractivity (Wildman–Crippen MR) is 97.6 cm³/mol. The minimum atomic E-state index is 0.324. The lowest BCUT2D eigenvalue weighted by atomic mass is 10.0. The van der Waals surface area contributed by atoms with Crippen molar-refractivity contribution in [3.63, 3.8) is 0 Å². The molecule has 0 spiro atoms. The van der Waals surface area contributed by atoms with E-state index in [2.05, 4.69) is 30.9 Å². The fourth-order valence-electron chi connectivity index (χ4n) is 2.49. The van der Waals surface area contributed by atoms with Gasteiger partial charge in [-0.05, 0) is 28.1 Å². The highest BCUT2D eigenvalue weighted by Crippen LogP contribution is 2.35. The standard InChI is InChI=1S/C17H10BrClN4O/c18-16-17(20)23-13(9-4-2-1-3-5-9)14(22-16)10-6-11(19)15-12(7-10)24-8-21-15/h1-8H,(H2,20,23). The maximum absolute atomic E-state index is 6.32. The summed E-state index contributed by atoms with van der Waals surface area (Å²) in [4.78, 5) is 13.2. The molecule has 0 amide bonds. The molecule has 0 saturated carbocycles. The summed E-state index contributed by atoms with van der Waals surface area (Å²) in [7, 11) is 0. The van der Waals surface area contributed by atoms with Gasteiger partial charge in [-0.3, -0.25) is 0 Å². The third kappa shape index (κ3) is 2.53. The highest BCUT2D eigenvalue weighted by molar-refractivity contribution is 9.10. The first-order chi connectivity index (χ1) is 11.6. The van der Waals surface area contributed by atoms with Crippen molar-refractivity contribution < 1.29 is 4.42 Å². The summed E-state index contributed by atoms with van der Waals surface area (Å²) in [6.45, 7) is 0. The highest BCUT2D eigenvalue weighted by atomic mass is 79.9. The van der Waals surface area contributed by atoms with Gasteiger partial charge in [-0.1, -0.05) is 41.9 Å². The van der Waals surface area contributed by atoms with Crippen LogP contribution < -0.4 is 5.73 Å². The second-order valence-corrected chi connectivity index (χ2v) is 6.28. The summed E-state index contributed by atoms with van der Waals surface area (Å²) in [6.07, 6.45) is 1.36. The first-order valence-corrected chi connectivity index (χ1v) is 8.22. The predicted octanol–water partition coefficient (Wildman–Crippen LogP) is 4.95. The van der Waals surface area contributed by atoms with Crippen molar-refractivity contribution in [3.8, 4) is 22.5 Å². The van der Waals surface area contributed by atoms with E-state index in [4.69, 9.17) is 21.8 Å². The number of nitrogens with two attached hydrogens (primary N) is 1. The molecule has 2 aromatic carbocycles. The molecule has 4 aromatic rings. The van der Waals surface area contributed by atoms with Gasteiger partial charge in [0.1, 0.15) is 10.1 Å². The molecule has 118 valence electrons. The summed E-state index contributed by atoms with van der Waals surface area (Å²) in [5.74, 6) is 0.324. The Kier molecular flexibility index (Phi) is 3.70. The van der Waals surface area contributed by atoms with Gasteiger partial charge in [-0.25, -0.2) is 15.0 Å². The zero-order valence-corrected chi connectivity index (χ0v) is 14.5. The number of hydrogen-bond acceptors (Lipinski definition) is 5. The average Bonchev–Trinajstić information content (AvgIpc) is 3.07. The molecule has 2 aromatic heterocycles. The van der Waals surface area contributed by atoms with E-state index >= 15 is 0 Å². The van der Waals surface area contributed by atoms with E-state index in [0.717, 1.165) is 11.1 Å². The number of nitrogens with zero attached hydrogens (tertiary/aromatic N) is 3. The molecule has 0 bridgehead atoms. The first-order valence-electron chi connectivity index (χ1n) is 7.05. The van der Waals surface area contributed by atoms with Crippen molar-refractivity contribution in [1.29, 1.82) is 0 Å². The maximum atomic E-state index is 6.32. The van der Waals surface area contributed by atoms with Gasteiger partial charge in [-0.2, -0.15) is 0 Å². The highest BCUT2D eigenvalue weighted by Gasteiger charge is 2.17. The molecule has 2 heterocycles. The molecule has 0 aliphatic heterocycles. The number of fused-ring (bicyclic) bond motifs is 1. The SMILES string of the molecule is Nc1nc(-c2ccccc2)c(-c2cc(Cl)c3ncoc3c2)nc1Br. The summed E-state index contributed by atoms with van der Waals surface area (Å²) in [6, 6.07) is 13.4. The maximum Gasteiger partial charge on any atom is 0.182 e. The Morgan fingerprint density at radius 3 is 2.54 bits per heavy atom. The number of aromatic nitrogens is 3. The van der Waals surface area contributed by atoms with E-state index in [9.17, 15) is 0 Å². The second kappa shape index (κ2) is 5.89. The van der Waals surface area contributed by atoms with E-state index in [-0.39, 0.29) is 0 Å². The summed E-state index contributed by atoms with van der Waals surface area (Å²) >= 11 is 9.66. The van der Waals surface area contributed by atoms with Crippen LogP contribution in [0.15, 0.2) is 57.9 Å². The lowest BCUT2D eigenvalue weighted by Gasteiger charge is -2.11. The zero-order chi connectivity index (χ0) is 16.7. The number of benzene rings is 2. The molecule has 0 atom stereocenters. The number of oxazole rings is 1. The summed E-state index contributed by atoms with van der Waals surface area (Å²) < 4.78 is 5.86. The van der Waals surface area contributed by atoms with E-state index in [1.807, 2.05) is 36.4 Å². The normalized spacial score (nSPS) is 11.1. The second-order valence-electron chi connectivity index (χ2n) is 5.12. The Bertz CT molecular complexity index is 1050. The Labute approximate surface area is 150 Å². The summed E-state index contributed by atoms with van der Waals surface area (Å²) in [5, 5.41) is 0.491. The van der Waals surface area contributed by atoms with Crippen LogP contribution in [0.1, 0.15) is 0 Å². The van der Waals surface area contributed by atoms with E-state index in [1.165, 1.54) is 6.39 Å². The van der Waals surface area contributed by atoms with Crippen LogP contribution in [0.25, 0.3) is 33.6 Å². The fraction of sp³-hybridized carbons (Fsp3) is 0. The number of rotatable bonds is 2. The van der Waals surface area contributed by atoms with Gasteiger partial charge in [0.25, 0.3) is 0 Å². The molecule has 0 fully saturated rings. The topological polar surface area (TPSA) is 77.8 Å². The number of nitrogen functional groups attached to an aromatic ring is 1. The van der Waals surface area contributed by atoms with Gasteiger partial charge >= 0.3 is 0 Å². The van der Waals surface area contributed by atoms with Crippen molar-refractivity contribution >= 4 is 44.4 Å².